The second kappa shape index (κ2) is 6.46. The van der Waals surface area contributed by atoms with Crippen molar-refractivity contribution in [2.45, 2.75) is 63.1 Å². The minimum absolute atomic E-state index is 0.137. The molecular weight excluding hydrogens is 288 g/mol. The van der Waals surface area contributed by atoms with E-state index in [1.807, 2.05) is 11.8 Å². The van der Waals surface area contributed by atoms with E-state index in [2.05, 4.69) is 5.32 Å². The number of amides is 2. The van der Waals surface area contributed by atoms with E-state index in [0.29, 0.717) is 12.3 Å². The van der Waals surface area contributed by atoms with E-state index >= 15 is 0 Å². The number of hydrogen-bond donors (Lipinski definition) is 2. The second-order valence-electron chi connectivity index (χ2n) is 6.45. The Morgan fingerprint density at radius 3 is 2.52 bits per heavy atom. The number of carboxylic acids is 1. The normalized spacial score (nSPS) is 33.5. The molecule has 3 aliphatic rings. The molecule has 118 valence electrons. The van der Waals surface area contributed by atoms with Gasteiger partial charge in [-0.1, -0.05) is 12.8 Å². The molecular formula is C15H24N2O3S. The Morgan fingerprint density at radius 1 is 1.10 bits per heavy atom. The van der Waals surface area contributed by atoms with Crippen molar-refractivity contribution < 1.29 is 14.7 Å². The van der Waals surface area contributed by atoms with Crippen LogP contribution in [0.4, 0.5) is 4.79 Å². The van der Waals surface area contributed by atoms with Gasteiger partial charge < -0.3 is 15.3 Å². The molecule has 0 aromatic heterocycles. The number of thioether (sulfide) groups is 1. The topological polar surface area (TPSA) is 69.6 Å². The molecule has 0 spiro atoms. The van der Waals surface area contributed by atoms with E-state index in [1.54, 1.807) is 4.90 Å². The third-order valence-corrected chi connectivity index (χ3v) is 6.21. The van der Waals surface area contributed by atoms with Crippen molar-refractivity contribution in [3.63, 3.8) is 0 Å². The first-order valence-electron chi connectivity index (χ1n) is 8.06. The minimum Gasteiger partial charge on any atom is -0.480 e. The highest BCUT2D eigenvalue weighted by Gasteiger charge is 2.47. The first-order chi connectivity index (χ1) is 10.2. The molecule has 2 heterocycles. The summed E-state index contributed by atoms with van der Waals surface area (Å²) in [7, 11) is 0. The van der Waals surface area contributed by atoms with Crippen molar-refractivity contribution in [3.05, 3.63) is 0 Å². The van der Waals surface area contributed by atoms with Crippen LogP contribution in [0.5, 0.6) is 0 Å². The molecule has 2 amide bonds. The van der Waals surface area contributed by atoms with Gasteiger partial charge in [-0.15, -0.1) is 0 Å². The van der Waals surface area contributed by atoms with E-state index < -0.39 is 12.0 Å². The SMILES string of the molecule is O=C(O)C1CC2CCCCC2N1C(=O)NC1CCSCC1. The number of carbonyl (C=O) groups is 2. The van der Waals surface area contributed by atoms with Crippen LogP contribution in [0.15, 0.2) is 0 Å². The van der Waals surface area contributed by atoms with Crippen molar-refractivity contribution >= 4 is 23.8 Å². The Balaban J connectivity index is 1.69. The zero-order valence-corrected chi connectivity index (χ0v) is 13.1. The van der Waals surface area contributed by atoms with Gasteiger partial charge in [0.2, 0.25) is 0 Å². The van der Waals surface area contributed by atoms with Crippen LogP contribution < -0.4 is 5.32 Å². The van der Waals surface area contributed by atoms with Gasteiger partial charge in [-0.2, -0.15) is 11.8 Å². The number of carboxylic acid groups (broad SMARTS) is 1. The molecule has 6 heteroatoms. The number of nitrogens with zero attached hydrogens (tertiary/aromatic N) is 1. The Bertz CT molecular complexity index is 412. The Labute approximate surface area is 129 Å². The number of rotatable bonds is 2. The predicted molar refractivity (Wildman–Crippen MR) is 82.5 cm³/mol. The minimum atomic E-state index is -0.848. The fraction of sp³-hybridized carbons (Fsp3) is 0.867. The molecule has 2 N–H and O–H groups in total. The van der Waals surface area contributed by atoms with Gasteiger partial charge in [0.15, 0.2) is 0 Å². The summed E-state index contributed by atoms with van der Waals surface area (Å²) < 4.78 is 0. The van der Waals surface area contributed by atoms with Crippen molar-refractivity contribution in [2.75, 3.05) is 11.5 Å². The Kier molecular flexibility index (Phi) is 4.62. The highest BCUT2D eigenvalue weighted by atomic mass is 32.2. The van der Waals surface area contributed by atoms with Gasteiger partial charge in [0, 0.05) is 12.1 Å². The Hall–Kier alpha value is -0.910. The molecule has 3 unspecified atom stereocenters. The van der Waals surface area contributed by atoms with Gasteiger partial charge in [0.05, 0.1) is 0 Å². The highest BCUT2D eigenvalue weighted by molar-refractivity contribution is 7.99. The largest absolute Gasteiger partial charge is 0.480 e. The third-order valence-electron chi connectivity index (χ3n) is 5.16. The molecule has 3 fully saturated rings. The average Bonchev–Trinajstić information content (AvgIpc) is 2.88. The maximum atomic E-state index is 12.6. The van der Waals surface area contributed by atoms with Gasteiger partial charge >= 0.3 is 12.0 Å². The van der Waals surface area contributed by atoms with E-state index in [0.717, 1.165) is 43.6 Å². The number of nitrogens with one attached hydrogen (secondary N) is 1. The predicted octanol–water partition coefficient (Wildman–Crippen LogP) is 2.31. The second-order valence-corrected chi connectivity index (χ2v) is 7.67. The summed E-state index contributed by atoms with van der Waals surface area (Å²) in [5.41, 5.74) is 0. The summed E-state index contributed by atoms with van der Waals surface area (Å²) in [6.07, 6.45) is 6.93. The molecule has 2 aliphatic heterocycles. The number of aliphatic carboxylic acids is 1. The highest BCUT2D eigenvalue weighted by Crippen LogP contribution is 2.39. The summed E-state index contributed by atoms with van der Waals surface area (Å²) in [6.45, 7) is 0. The smallest absolute Gasteiger partial charge is 0.326 e. The molecule has 0 bridgehead atoms. The summed E-state index contributed by atoms with van der Waals surface area (Å²) in [6, 6.07) is -0.418. The number of fused-ring (bicyclic) bond motifs is 1. The van der Waals surface area contributed by atoms with Crippen molar-refractivity contribution in [1.82, 2.24) is 10.2 Å². The van der Waals surface area contributed by atoms with E-state index in [9.17, 15) is 14.7 Å². The maximum absolute atomic E-state index is 12.6. The number of hydrogen-bond acceptors (Lipinski definition) is 3. The van der Waals surface area contributed by atoms with Crippen molar-refractivity contribution in [3.8, 4) is 0 Å². The summed E-state index contributed by atoms with van der Waals surface area (Å²) in [5, 5.41) is 12.5. The van der Waals surface area contributed by atoms with Gasteiger partial charge in [-0.05, 0) is 49.5 Å². The molecule has 3 rings (SSSR count). The molecule has 5 nitrogen and oxygen atoms in total. The van der Waals surface area contributed by atoms with Crippen molar-refractivity contribution in [2.24, 2.45) is 5.92 Å². The van der Waals surface area contributed by atoms with Crippen LogP contribution in [0.1, 0.15) is 44.9 Å². The van der Waals surface area contributed by atoms with Crippen LogP contribution >= 0.6 is 11.8 Å². The quantitative estimate of drug-likeness (QED) is 0.821. The molecule has 1 aliphatic carbocycles. The lowest BCUT2D eigenvalue weighted by Gasteiger charge is -2.34. The molecule has 21 heavy (non-hydrogen) atoms. The van der Waals surface area contributed by atoms with E-state index in [4.69, 9.17) is 0 Å². The Morgan fingerprint density at radius 2 is 1.81 bits per heavy atom. The van der Waals surface area contributed by atoms with Crippen molar-refractivity contribution in [1.29, 1.82) is 0 Å². The number of carbonyl (C=O) groups excluding carboxylic acids is 1. The first kappa shape index (κ1) is 15.0. The molecule has 0 aromatic rings. The molecule has 2 saturated heterocycles. The lowest BCUT2D eigenvalue weighted by atomic mass is 9.85. The standard InChI is InChI=1S/C15H24N2O3S/c18-14(19)13-9-10-3-1-2-4-12(10)17(13)15(20)16-11-5-7-21-8-6-11/h10-13H,1-9H2,(H,16,20)(H,18,19). The molecule has 0 aromatic carbocycles. The van der Waals surface area contributed by atoms with E-state index in [-0.39, 0.29) is 18.1 Å². The zero-order valence-electron chi connectivity index (χ0n) is 12.3. The number of urea groups is 1. The van der Waals surface area contributed by atoms with Crippen LogP contribution in [0.25, 0.3) is 0 Å². The maximum Gasteiger partial charge on any atom is 0.326 e. The van der Waals surface area contributed by atoms with Gasteiger partial charge in [0.1, 0.15) is 6.04 Å². The summed E-state index contributed by atoms with van der Waals surface area (Å²) >= 11 is 1.92. The monoisotopic (exact) mass is 312 g/mol. The lowest BCUT2D eigenvalue weighted by molar-refractivity contribution is -0.141. The molecule has 3 atom stereocenters. The van der Waals surface area contributed by atoms with Crippen LogP contribution in [0.3, 0.4) is 0 Å². The van der Waals surface area contributed by atoms with Crippen LogP contribution in [-0.2, 0) is 4.79 Å². The van der Waals surface area contributed by atoms with Crippen LogP contribution in [0.2, 0.25) is 0 Å². The zero-order chi connectivity index (χ0) is 14.8. The fourth-order valence-corrected chi connectivity index (χ4v) is 5.17. The third kappa shape index (κ3) is 3.15. The van der Waals surface area contributed by atoms with Gasteiger partial charge in [-0.25, -0.2) is 9.59 Å². The summed E-state index contributed by atoms with van der Waals surface area (Å²) in [5.74, 6) is 1.70. The molecule has 1 saturated carbocycles. The lowest BCUT2D eigenvalue weighted by Crippen LogP contribution is -2.53. The fourth-order valence-electron chi connectivity index (χ4n) is 4.06. The van der Waals surface area contributed by atoms with Gasteiger partial charge in [-0.3, -0.25) is 0 Å². The summed E-state index contributed by atoms with van der Waals surface area (Å²) in [4.78, 5) is 25.8. The van der Waals surface area contributed by atoms with Gasteiger partial charge in [0.25, 0.3) is 0 Å². The van der Waals surface area contributed by atoms with Crippen LogP contribution in [0, 0.1) is 5.92 Å². The molecule has 0 radical (unpaired) electrons. The average molecular weight is 312 g/mol. The van der Waals surface area contributed by atoms with Crippen LogP contribution in [-0.4, -0.2) is 51.6 Å². The van der Waals surface area contributed by atoms with E-state index in [1.165, 1.54) is 6.42 Å². The first-order valence-corrected chi connectivity index (χ1v) is 9.21. The number of likely N-dealkylation sites (tertiary alicyclic amines) is 1.